The van der Waals surface area contributed by atoms with E-state index in [-0.39, 0.29) is 17.6 Å². The molecule has 2 aromatic rings. The summed E-state index contributed by atoms with van der Waals surface area (Å²) >= 11 is 0. The molecule has 0 radical (unpaired) electrons. The number of hydrogen-bond acceptors (Lipinski definition) is 6. The van der Waals surface area contributed by atoms with Crippen LogP contribution in [0.15, 0.2) is 30.3 Å². The molecule has 6 nitrogen and oxygen atoms in total. The Balaban J connectivity index is 1.26. The molecule has 3 aliphatic rings. The van der Waals surface area contributed by atoms with Gasteiger partial charge in [-0.1, -0.05) is 12.1 Å². The Labute approximate surface area is 197 Å². The predicted octanol–water partition coefficient (Wildman–Crippen LogP) is 4.72. The molecule has 1 aromatic heterocycles. The number of hydrogen-bond donors (Lipinski definition) is 1. The van der Waals surface area contributed by atoms with E-state index in [9.17, 15) is 13.2 Å². The highest BCUT2D eigenvalue weighted by atomic mass is 19.4. The third kappa shape index (κ3) is 5.00. The summed E-state index contributed by atoms with van der Waals surface area (Å²) in [5, 5.41) is 11.2. The summed E-state index contributed by atoms with van der Waals surface area (Å²) in [7, 11) is 1.48. The number of halogens is 3. The highest BCUT2D eigenvalue weighted by molar-refractivity contribution is 5.68. The van der Waals surface area contributed by atoms with Crippen LogP contribution >= 0.6 is 0 Å². The molecule has 0 bridgehead atoms. The predicted molar refractivity (Wildman–Crippen MR) is 123 cm³/mol. The van der Waals surface area contributed by atoms with Gasteiger partial charge in [0.25, 0.3) is 0 Å². The van der Waals surface area contributed by atoms with Crippen LogP contribution in [0.1, 0.15) is 31.2 Å². The van der Waals surface area contributed by atoms with Crippen molar-refractivity contribution in [3.63, 3.8) is 0 Å². The monoisotopic (exact) mass is 476 g/mol. The van der Waals surface area contributed by atoms with Gasteiger partial charge in [-0.25, -0.2) is 0 Å². The Morgan fingerprint density at radius 3 is 2.47 bits per heavy atom. The average molecular weight is 477 g/mol. The first kappa shape index (κ1) is 23.4. The molecule has 2 aliphatic heterocycles. The van der Waals surface area contributed by atoms with Gasteiger partial charge in [0, 0.05) is 44.5 Å². The summed E-state index contributed by atoms with van der Waals surface area (Å²) in [6.45, 7) is 4.89. The Kier molecular flexibility index (Phi) is 6.66. The Morgan fingerprint density at radius 1 is 1.09 bits per heavy atom. The topological polar surface area (TPSA) is 59.5 Å². The lowest BCUT2D eigenvalue weighted by atomic mass is 10.00. The number of para-hydroxylation sites is 1. The van der Waals surface area contributed by atoms with Gasteiger partial charge in [0.15, 0.2) is 5.82 Å². The van der Waals surface area contributed by atoms with Crippen LogP contribution in [0.25, 0.3) is 11.3 Å². The van der Waals surface area contributed by atoms with Gasteiger partial charge in [-0.05, 0) is 61.6 Å². The fourth-order valence-corrected chi connectivity index (χ4v) is 5.85. The minimum atomic E-state index is -4.54. The van der Waals surface area contributed by atoms with Gasteiger partial charge in [-0.3, -0.25) is 0 Å². The molecule has 2 saturated heterocycles. The van der Waals surface area contributed by atoms with E-state index in [0.29, 0.717) is 29.1 Å². The van der Waals surface area contributed by atoms with Crippen LogP contribution in [0.2, 0.25) is 0 Å². The van der Waals surface area contributed by atoms with Crippen LogP contribution < -0.4 is 10.1 Å². The summed E-state index contributed by atoms with van der Waals surface area (Å²) in [4.78, 5) is 2.55. The van der Waals surface area contributed by atoms with Gasteiger partial charge in [0.2, 0.25) is 0 Å². The number of anilines is 1. The van der Waals surface area contributed by atoms with E-state index in [1.54, 1.807) is 24.3 Å². The lowest BCUT2D eigenvalue weighted by Gasteiger charge is -2.28. The van der Waals surface area contributed by atoms with Crippen molar-refractivity contribution in [2.45, 2.75) is 37.9 Å². The molecule has 3 atom stereocenters. The molecule has 1 aliphatic carbocycles. The van der Waals surface area contributed by atoms with E-state index in [1.807, 2.05) is 0 Å². The number of aromatic nitrogens is 2. The number of ether oxygens (including phenoxy) is 2. The second kappa shape index (κ2) is 9.70. The van der Waals surface area contributed by atoms with Gasteiger partial charge in [0.1, 0.15) is 11.3 Å². The second-order valence-corrected chi connectivity index (χ2v) is 9.80. The molecule has 5 rings (SSSR count). The summed E-state index contributed by atoms with van der Waals surface area (Å²) in [5.41, 5.74) is -0.168. The van der Waals surface area contributed by atoms with Crippen LogP contribution in [0.5, 0.6) is 5.75 Å². The summed E-state index contributed by atoms with van der Waals surface area (Å²) < 4.78 is 52.6. The molecule has 9 heteroatoms. The summed E-state index contributed by atoms with van der Waals surface area (Å²) in [5.74, 6) is 2.02. The first-order valence-electron chi connectivity index (χ1n) is 12.1. The Morgan fingerprint density at radius 2 is 1.79 bits per heavy atom. The lowest BCUT2D eigenvalue weighted by Crippen LogP contribution is -2.32. The molecule has 184 valence electrons. The van der Waals surface area contributed by atoms with E-state index in [2.05, 4.69) is 20.4 Å². The molecular formula is C25H31F3N4O2. The molecule has 1 aromatic carbocycles. The van der Waals surface area contributed by atoms with Gasteiger partial charge in [-0.2, -0.15) is 13.2 Å². The number of methoxy groups -OCH3 is 1. The van der Waals surface area contributed by atoms with Gasteiger partial charge in [-0.15, -0.1) is 10.2 Å². The fraction of sp³-hybridized carbons (Fsp3) is 0.600. The third-order valence-corrected chi connectivity index (χ3v) is 7.51. The van der Waals surface area contributed by atoms with Crippen molar-refractivity contribution < 1.29 is 22.6 Å². The first-order valence-corrected chi connectivity index (χ1v) is 12.1. The van der Waals surface area contributed by atoms with Crippen LogP contribution in [0.4, 0.5) is 19.0 Å². The number of nitrogens with one attached hydrogen (secondary N) is 1. The molecule has 1 saturated carbocycles. The lowest BCUT2D eigenvalue weighted by molar-refractivity contribution is -0.137. The van der Waals surface area contributed by atoms with Crippen molar-refractivity contribution in [3.05, 3.63) is 35.9 Å². The van der Waals surface area contributed by atoms with Crippen molar-refractivity contribution in [1.82, 2.24) is 15.1 Å². The van der Waals surface area contributed by atoms with Gasteiger partial charge in [0.05, 0.1) is 12.8 Å². The number of benzene rings is 1. The molecule has 0 spiro atoms. The highest BCUT2D eigenvalue weighted by Gasteiger charge is 2.43. The molecule has 34 heavy (non-hydrogen) atoms. The van der Waals surface area contributed by atoms with E-state index in [4.69, 9.17) is 9.47 Å². The maximum atomic E-state index is 14.0. The minimum Gasteiger partial charge on any atom is -0.496 e. The SMILES string of the molecule is COc1ccccc1-c1cc(C(F)(F)F)c(N[C@@H]2C[C@@H]3CN(CC4CCOCC4)C[C@@H]3C2)nn1. The zero-order chi connectivity index (χ0) is 23.7. The summed E-state index contributed by atoms with van der Waals surface area (Å²) in [6.07, 6.45) is -0.562. The third-order valence-electron chi connectivity index (χ3n) is 7.51. The van der Waals surface area contributed by atoms with Crippen molar-refractivity contribution in [1.29, 1.82) is 0 Å². The van der Waals surface area contributed by atoms with E-state index in [1.165, 1.54) is 7.11 Å². The van der Waals surface area contributed by atoms with Gasteiger partial charge < -0.3 is 19.7 Å². The van der Waals surface area contributed by atoms with E-state index < -0.39 is 11.7 Å². The molecule has 0 unspecified atom stereocenters. The standard InChI is InChI=1S/C25H31F3N4O2/c1-33-23-5-3-2-4-20(23)22-12-21(25(26,27)28)24(31-30-22)29-19-10-17-14-32(15-18(17)11-19)13-16-6-8-34-9-7-16/h2-5,12,16-19H,6-11,13-15H2,1H3,(H,29,31)/t17-,18+,19-. The van der Waals surface area contributed by atoms with Crippen molar-refractivity contribution in [3.8, 4) is 17.0 Å². The molecule has 1 N–H and O–H groups in total. The normalized spacial score (nSPS) is 25.9. The maximum Gasteiger partial charge on any atom is 0.420 e. The smallest absolute Gasteiger partial charge is 0.420 e. The Hall–Kier alpha value is -2.39. The van der Waals surface area contributed by atoms with E-state index >= 15 is 0 Å². The van der Waals surface area contributed by atoms with E-state index in [0.717, 1.165) is 64.6 Å². The van der Waals surface area contributed by atoms with Gasteiger partial charge >= 0.3 is 6.18 Å². The molecule has 0 amide bonds. The first-order chi connectivity index (χ1) is 16.4. The average Bonchev–Trinajstić information content (AvgIpc) is 3.37. The molecule has 3 fully saturated rings. The fourth-order valence-electron chi connectivity index (χ4n) is 5.85. The van der Waals surface area contributed by atoms with Crippen LogP contribution in [0.3, 0.4) is 0 Å². The van der Waals surface area contributed by atoms with Crippen molar-refractivity contribution in [2.24, 2.45) is 17.8 Å². The highest BCUT2D eigenvalue weighted by Crippen LogP contribution is 2.42. The van der Waals surface area contributed by atoms with Crippen LogP contribution in [-0.4, -0.2) is 61.1 Å². The zero-order valence-corrected chi connectivity index (χ0v) is 19.4. The van der Waals surface area contributed by atoms with Crippen LogP contribution in [0, 0.1) is 17.8 Å². The minimum absolute atomic E-state index is 0.0206. The zero-order valence-electron chi connectivity index (χ0n) is 19.4. The van der Waals surface area contributed by atoms with Crippen molar-refractivity contribution in [2.75, 3.05) is 45.3 Å². The summed E-state index contributed by atoms with van der Waals surface area (Å²) in [6, 6.07) is 7.92. The quantitative estimate of drug-likeness (QED) is 0.651. The number of likely N-dealkylation sites (tertiary alicyclic amines) is 1. The second-order valence-electron chi connectivity index (χ2n) is 9.80. The Bertz CT molecular complexity index is 982. The van der Waals surface area contributed by atoms with Crippen LogP contribution in [-0.2, 0) is 10.9 Å². The maximum absolute atomic E-state index is 14.0. The number of rotatable bonds is 6. The molecular weight excluding hydrogens is 445 g/mol. The number of nitrogens with zero attached hydrogens (tertiary/aromatic N) is 3. The number of fused-ring (bicyclic) bond motifs is 1. The molecule has 3 heterocycles. The largest absolute Gasteiger partial charge is 0.496 e. The number of alkyl halides is 3. The van der Waals surface area contributed by atoms with Crippen molar-refractivity contribution >= 4 is 5.82 Å².